The lowest BCUT2D eigenvalue weighted by Crippen LogP contribution is -2.33. The summed E-state index contributed by atoms with van der Waals surface area (Å²) in [7, 11) is 1.60. The third-order valence-electron chi connectivity index (χ3n) is 5.03. The van der Waals surface area contributed by atoms with Gasteiger partial charge in [0.2, 0.25) is 17.6 Å². The number of hydrogen-bond donors (Lipinski definition) is 1. The highest BCUT2D eigenvalue weighted by atomic mass is 16.5. The van der Waals surface area contributed by atoms with Crippen molar-refractivity contribution < 1.29 is 18.8 Å². The van der Waals surface area contributed by atoms with E-state index in [1.54, 1.807) is 7.11 Å². The lowest BCUT2D eigenvalue weighted by atomic mass is 10.1. The van der Waals surface area contributed by atoms with E-state index in [4.69, 9.17) is 14.0 Å². The number of carbonyl (C=O) groups excluding carboxylic acids is 1. The lowest BCUT2D eigenvalue weighted by molar-refractivity contribution is -0.127. The van der Waals surface area contributed by atoms with Crippen LogP contribution in [0.15, 0.2) is 89.5 Å². The van der Waals surface area contributed by atoms with E-state index in [2.05, 4.69) is 15.5 Å². The Bertz CT molecular complexity index is 1160. The molecule has 1 N–H and O–H groups in total. The van der Waals surface area contributed by atoms with Gasteiger partial charge < -0.3 is 19.3 Å². The summed E-state index contributed by atoms with van der Waals surface area (Å²) in [5.41, 5.74) is 2.81. The van der Waals surface area contributed by atoms with Gasteiger partial charge in [0.1, 0.15) is 18.4 Å². The Morgan fingerprint density at radius 2 is 1.70 bits per heavy atom. The topological polar surface area (TPSA) is 86.5 Å². The van der Waals surface area contributed by atoms with Crippen molar-refractivity contribution in [1.82, 2.24) is 15.5 Å². The third kappa shape index (κ3) is 6.27. The summed E-state index contributed by atoms with van der Waals surface area (Å²) in [5.74, 6) is 1.20. The third-order valence-corrected chi connectivity index (χ3v) is 5.03. The number of methoxy groups -OCH3 is 1. The van der Waals surface area contributed by atoms with Crippen molar-refractivity contribution in [2.75, 3.05) is 13.7 Å². The maximum Gasteiger partial charge on any atom is 0.249 e. The van der Waals surface area contributed by atoms with Gasteiger partial charge in [0.15, 0.2) is 0 Å². The predicted molar refractivity (Wildman–Crippen MR) is 123 cm³/mol. The molecule has 4 aromatic rings. The molecule has 0 spiro atoms. The van der Waals surface area contributed by atoms with Gasteiger partial charge >= 0.3 is 0 Å². The van der Waals surface area contributed by atoms with E-state index in [9.17, 15) is 4.79 Å². The van der Waals surface area contributed by atoms with Gasteiger partial charge in [0, 0.05) is 12.0 Å². The number of carbonyl (C=O) groups is 1. The highest BCUT2D eigenvalue weighted by Gasteiger charge is 2.22. The van der Waals surface area contributed by atoms with Gasteiger partial charge in [-0.1, -0.05) is 78.0 Å². The Morgan fingerprint density at radius 3 is 2.42 bits per heavy atom. The van der Waals surface area contributed by atoms with E-state index < -0.39 is 6.04 Å². The van der Waals surface area contributed by atoms with Gasteiger partial charge in [0.25, 0.3) is 0 Å². The second-order valence-corrected chi connectivity index (χ2v) is 7.48. The fraction of sp³-hybridized carbons (Fsp3) is 0.192. The molecular weight excluding hydrogens is 418 g/mol. The summed E-state index contributed by atoms with van der Waals surface area (Å²) in [6.07, 6.45) is 0.505. The molecule has 168 valence electrons. The molecular formula is C26H25N3O4. The van der Waals surface area contributed by atoms with E-state index >= 15 is 0 Å². The molecule has 0 aliphatic rings. The Kier molecular flexibility index (Phi) is 7.45. The number of aromatic nitrogens is 2. The van der Waals surface area contributed by atoms with Crippen LogP contribution in [0.25, 0.3) is 11.4 Å². The van der Waals surface area contributed by atoms with Crippen LogP contribution in [0.1, 0.15) is 23.1 Å². The molecule has 4 rings (SSSR count). The molecule has 33 heavy (non-hydrogen) atoms. The highest BCUT2D eigenvalue weighted by Crippen LogP contribution is 2.24. The van der Waals surface area contributed by atoms with Crippen LogP contribution < -0.4 is 10.1 Å². The minimum absolute atomic E-state index is 0.0724. The fourth-order valence-corrected chi connectivity index (χ4v) is 3.38. The summed E-state index contributed by atoms with van der Waals surface area (Å²) in [6.45, 7) is 0.287. The Labute approximate surface area is 192 Å². The summed E-state index contributed by atoms with van der Waals surface area (Å²) in [5, 5.41) is 7.08. The maximum atomic E-state index is 12.6. The predicted octanol–water partition coefficient (Wildman–Crippen LogP) is 4.36. The first-order valence-corrected chi connectivity index (χ1v) is 10.6. The number of benzene rings is 3. The normalized spacial score (nSPS) is 11.7. The summed E-state index contributed by atoms with van der Waals surface area (Å²) in [4.78, 5) is 17.2. The first-order valence-electron chi connectivity index (χ1n) is 10.6. The van der Waals surface area contributed by atoms with Crippen LogP contribution in [0, 0.1) is 0 Å². The second-order valence-electron chi connectivity index (χ2n) is 7.48. The van der Waals surface area contributed by atoms with Gasteiger partial charge in [-0.25, -0.2) is 0 Å². The van der Waals surface area contributed by atoms with Crippen molar-refractivity contribution in [2.24, 2.45) is 0 Å². The van der Waals surface area contributed by atoms with E-state index in [-0.39, 0.29) is 12.5 Å². The Hall–Kier alpha value is -3.97. The van der Waals surface area contributed by atoms with Crippen molar-refractivity contribution in [3.8, 4) is 17.1 Å². The molecule has 1 heterocycles. The lowest BCUT2D eigenvalue weighted by Gasteiger charge is -2.15. The van der Waals surface area contributed by atoms with E-state index in [1.807, 2.05) is 84.9 Å². The van der Waals surface area contributed by atoms with Crippen molar-refractivity contribution in [3.63, 3.8) is 0 Å². The zero-order valence-corrected chi connectivity index (χ0v) is 18.3. The molecule has 0 saturated heterocycles. The molecule has 1 aromatic heterocycles. The largest absolute Gasteiger partial charge is 0.497 e. The van der Waals surface area contributed by atoms with E-state index in [0.29, 0.717) is 30.5 Å². The maximum absolute atomic E-state index is 12.6. The van der Waals surface area contributed by atoms with E-state index in [0.717, 1.165) is 16.7 Å². The van der Waals surface area contributed by atoms with Gasteiger partial charge in [-0.2, -0.15) is 4.98 Å². The molecule has 0 unspecified atom stereocenters. The van der Waals surface area contributed by atoms with Gasteiger partial charge in [-0.3, -0.25) is 4.79 Å². The number of nitrogens with one attached hydrogen (secondary N) is 1. The van der Waals surface area contributed by atoms with Crippen molar-refractivity contribution >= 4 is 5.91 Å². The molecule has 0 aliphatic heterocycles. The average molecular weight is 444 g/mol. The summed E-state index contributed by atoms with van der Waals surface area (Å²) >= 11 is 0. The smallest absolute Gasteiger partial charge is 0.249 e. The fourth-order valence-electron chi connectivity index (χ4n) is 3.38. The molecule has 1 amide bonds. The molecule has 0 bridgehead atoms. The van der Waals surface area contributed by atoms with Crippen molar-refractivity contribution in [3.05, 3.63) is 102 Å². The number of hydrogen-bond acceptors (Lipinski definition) is 6. The number of ether oxygens (including phenoxy) is 2. The molecule has 7 nitrogen and oxygen atoms in total. The zero-order valence-electron chi connectivity index (χ0n) is 18.3. The number of nitrogens with zero attached hydrogens (tertiary/aromatic N) is 2. The quantitative estimate of drug-likeness (QED) is 0.392. The average Bonchev–Trinajstić information content (AvgIpc) is 3.35. The molecule has 3 aromatic carbocycles. The highest BCUT2D eigenvalue weighted by molar-refractivity contribution is 5.77. The number of rotatable bonds is 10. The van der Waals surface area contributed by atoms with Crippen LogP contribution >= 0.6 is 0 Å². The van der Waals surface area contributed by atoms with Crippen LogP contribution in [0.2, 0.25) is 0 Å². The van der Waals surface area contributed by atoms with Gasteiger partial charge in [-0.05, 0) is 23.3 Å². The first-order chi connectivity index (χ1) is 16.2. The standard InChI is InChI=1S/C26H25N3O4/c1-31-22-14-8-13-21(16-22)25-28-26(33-29-25)23(15-19-9-4-2-5-10-19)27-24(30)18-32-17-20-11-6-3-7-12-20/h2-14,16,23H,15,17-18H2,1H3,(H,27,30)/t23-/m1/s1. The van der Waals surface area contributed by atoms with E-state index in [1.165, 1.54) is 0 Å². The molecule has 0 fully saturated rings. The van der Waals surface area contributed by atoms with Gasteiger partial charge in [-0.15, -0.1) is 0 Å². The van der Waals surface area contributed by atoms with Crippen LogP contribution in [0.5, 0.6) is 5.75 Å². The van der Waals surface area contributed by atoms with Crippen LogP contribution in [0.3, 0.4) is 0 Å². The Balaban J connectivity index is 1.46. The first kappa shape index (κ1) is 22.2. The van der Waals surface area contributed by atoms with Gasteiger partial charge in [0.05, 0.1) is 13.7 Å². The molecule has 0 aliphatic carbocycles. The van der Waals surface area contributed by atoms with Crippen molar-refractivity contribution in [2.45, 2.75) is 19.1 Å². The minimum atomic E-state index is -0.493. The molecule has 1 atom stereocenters. The molecule has 7 heteroatoms. The Morgan fingerprint density at radius 1 is 0.970 bits per heavy atom. The number of amides is 1. The van der Waals surface area contributed by atoms with Crippen LogP contribution in [0.4, 0.5) is 0 Å². The molecule has 0 saturated carbocycles. The monoisotopic (exact) mass is 443 g/mol. The minimum Gasteiger partial charge on any atom is -0.497 e. The van der Waals surface area contributed by atoms with Crippen molar-refractivity contribution in [1.29, 1.82) is 0 Å². The second kappa shape index (κ2) is 11.1. The van der Waals surface area contributed by atoms with Crippen LogP contribution in [-0.4, -0.2) is 29.8 Å². The van der Waals surface area contributed by atoms with Crippen LogP contribution in [-0.2, 0) is 22.6 Å². The zero-order chi connectivity index (χ0) is 22.9. The summed E-state index contributed by atoms with van der Waals surface area (Å²) < 4.78 is 16.4. The summed E-state index contributed by atoms with van der Waals surface area (Å²) in [6, 6.07) is 26.5. The molecule has 0 radical (unpaired) electrons. The SMILES string of the molecule is COc1cccc(-c2noc([C@@H](Cc3ccccc3)NC(=O)COCc3ccccc3)n2)c1.